The van der Waals surface area contributed by atoms with Crippen molar-refractivity contribution in [2.75, 3.05) is 13.7 Å². The first-order chi connectivity index (χ1) is 9.17. The summed E-state index contributed by atoms with van der Waals surface area (Å²) in [6, 6.07) is -1.27. The lowest BCUT2D eigenvalue weighted by molar-refractivity contribution is -0.161. The number of rotatable bonds is 4. The summed E-state index contributed by atoms with van der Waals surface area (Å²) in [4.78, 5) is 25.6. The summed E-state index contributed by atoms with van der Waals surface area (Å²) in [6.45, 7) is 7.55. The van der Waals surface area contributed by atoms with Crippen molar-refractivity contribution in [1.29, 1.82) is 0 Å². The van der Waals surface area contributed by atoms with Crippen molar-refractivity contribution >= 4 is 11.9 Å². The molecule has 0 aromatic heterocycles. The van der Waals surface area contributed by atoms with Crippen LogP contribution in [0.5, 0.6) is 0 Å². The van der Waals surface area contributed by atoms with Crippen LogP contribution in [0.2, 0.25) is 0 Å². The highest BCUT2D eigenvalue weighted by Gasteiger charge is 2.42. The number of esters is 2. The van der Waals surface area contributed by atoms with Gasteiger partial charge in [0, 0.05) is 6.04 Å². The highest BCUT2D eigenvalue weighted by Crippen LogP contribution is 2.26. The van der Waals surface area contributed by atoms with Crippen molar-refractivity contribution in [1.82, 2.24) is 4.90 Å². The van der Waals surface area contributed by atoms with E-state index in [1.54, 1.807) is 14.0 Å². The number of likely N-dealkylation sites (tertiary alicyclic amines) is 1. The molecule has 1 fully saturated rings. The zero-order valence-electron chi connectivity index (χ0n) is 13.0. The summed E-state index contributed by atoms with van der Waals surface area (Å²) >= 11 is 0. The second-order valence-electron chi connectivity index (χ2n) is 6.14. The molecule has 1 aliphatic rings. The molecule has 1 heterocycles. The van der Waals surface area contributed by atoms with E-state index in [2.05, 4.69) is 0 Å². The molecule has 0 amide bonds. The van der Waals surface area contributed by atoms with Crippen molar-refractivity contribution < 1.29 is 19.1 Å². The Hall–Kier alpha value is -1.14. The Morgan fingerprint density at radius 3 is 2.45 bits per heavy atom. The molecule has 1 aliphatic heterocycles. The van der Waals surface area contributed by atoms with Crippen LogP contribution in [-0.2, 0) is 19.1 Å². The van der Waals surface area contributed by atoms with E-state index >= 15 is 0 Å². The van der Waals surface area contributed by atoms with Gasteiger partial charge in [-0.1, -0.05) is 0 Å². The maximum atomic E-state index is 12.1. The number of hydrogen-bond donors (Lipinski definition) is 1. The quantitative estimate of drug-likeness (QED) is 0.765. The van der Waals surface area contributed by atoms with Crippen LogP contribution < -0.4 is 5.73 Å². The Bertz CT molecular complexity index is 365. The highest BCUT2D eigenvalue weighted by atomic mass is 16.6. The van der Waals surface area contributed by atoms with Crippen molar-refractivity contribution in [3.8, 4) is 0 Å². The Morgan fingerprint density at radius 2 is 1.95 bits per heavy atom. The third-order valence-corrected chi connectivity index (χ3v) is 3.40. The topological polar surface area (TPSA) is 81.9 Å². The molecule has 3 atom stereocenters. The van der Waals surface area contributed by atoms with Gasteiger partial charge in [0.05, 0.1) is 6.61 Å². The molecule has 0 spiro atoms. The zero-order chi connectivity index (χ0) is 15.5. The van der Waals surface area contributed by atoms with Crippen molar-refractivity contribution in [3.05, 3.63) is 0 Å². The first kappa shape index (κ1) is 16.9. The fourth-order valence-corrected chi connectivity index (χ4v) is 2.45. The van der Waals surface area contributed by atoms with E-state index in [9.17, 15) is 9.59 Å². The van der Waals surface area contributed by atoms with Crippen LogP contribution in [0, 0.1) is 0 Å². The second-order valence-corrected chi connectivity index (χ2v) is 6.14. The van der Waals surface area contributed by atoms with Gasteiger partial charge in [0.25, 0.3) is 0 Å². The smallest absolute Gasteiger partial charge is 0.324 e. The Kier molecular flexibility index (Phi) is 5.53. The van der Waals surface area contributed by atoms with Crippen molar-refractivity contribution in [2.45, 2.75) is 64.3 Å². The van der Waals surface area contributed by atoms with Crippen LogP contribution in [0.15, 0.2) is 0 Å². The molecule has 0 unspecified atom stereocenters. The van der Waals surface area contributed by atoms with Crippen LogP contribution in [0.25, 0.3) is 0 Å². The van der Waals surface area contributed by atoms with Crippen LogP contribution in [0.4, 0.5) is 0 Å². The molecule has 6 nitrogen and oxygen atoms in total. The maximum Gasteiger partial charge on any atom is 0.324 e. The minimum absolute atomic E-state index is 0.188. The van der Waals surface area contributed by atoms with Gasteiger partial charge in [-0.15, -0.1) is 0 Å². The first-order valence-electron chi connectivity index (χ1n) is 7.04. The summed E-state index contributed by atoms with van der Waals surface area (Å²) in [6.07, 6.45) is 1.32. The van der Waals surface area contributed by atoms with Crippen molar-refractivity contribution in [2.24, 2.45) is 5.73 Å². The molecular weight excluding hydrogens is 260 g/mol. The van der Waals surface area contributed by atoms with E-state index in [1.807, 2.05) is 25.7 Å². The lowest BCUT2D eigenvalue weighted by atomic mass is 10.1. The second kappa shape index (κ2) is 6.54. The number of carbonyl (C=O) groups is 2. The maximum absolute atomic E-state index is 12.1. The van der Waals surface area contributed by atoms with Gasteiger partial charge in [0.1, 0.15) is 17.7 Å². The van der Waals surface area contributed by atoms with Crippen molar-refractivity contribution in [3.63, 3.8) is 0 Å². The van der Waals surface area contributed by atoms with E-state index in [0.717, 1.165) is 0 Å². The van der Waals surface area contributed by atoms with Gasteiger partial charge in [-0.25, -0.2) is 0 Å². The largest absolute Gasteiger partial charge is 0.465 e. The lowest BCUT2D eigenvalue weighted by Crippen LogP contribution is -2.51. The third kappa shape index (κ3) is 4.18. The molecule has 116 valence electrons. The molecular formula is C14H26N2O4. The summed E-state index contributed by atoms with van der Waals surface area (Å²) < 4.78 is 10.3. The van der Waals surface area contributed by atoms with E-state index in [0.29, 0.717) is 19.4 Å². The summed E-state index contributed by atoms with van der Waals surface area (Å²) in [5, 5.41) is 0. The van der Waals surface area contributed by atoms with E-state index in [1.165, 1.54) is 0 Å². The molecule has 0 bridgehead atoms. The number of carbonyl (C=O) groups excluding carboxylic acids is 2. The predicted molar refractivity (Wildman–Crippen MR) is 75.0 cm³/mol. The van der Waals surface area contributed by atoms with Crippen LogP contribution >= 0.6 is 0 Å². The Labute approximate surface area is 120 Å². The lowest BCUT2D eigenvalue weighted by Gasteiger charge is -2.29. The Balaban J connectivity index is 2.65. The number of hydrogen-bond acceptors (Lipinski definition) is 6. The highest BCUT2D eigenvalue weighted by molar-refractivity contribution is 5.79. The molecule has 0 aromatic rings. The van der Waals surface area contributed by atoms with Gasteiger partial charge >= 0.3 is 11.9 Å². The molecule has 0 aromatic carbocycles. The first-order valence-corrected chi connectivity index (χ1v) is 7.04. The SMILES string of the molecule is CCOC(=O)[C@H](N)[C@@H]1CC[C@H](C(=O)OC(C)(C)C)N1C. The van der Waals surface area contributed by atoms with Crippen LogP contribution in [0.1, 0.15) is 40.5 Å². The Morgan fingerprint density at radius 1 is 1.35 bits per heavy atom. The standard InChI is InChI=1S/C14H26N2O4/c1-6-19-13(18)11(15)9-7-8-10(16(9)5)12(17)20-14(2,3)4/h9-11H,6-8,15H2,1-5H3/t9-,10+,11+/m0/s1. The van der Waals surface area contributed by atoms with Gasteiger partial charge in [0.15, 0.2) is 0 Å². The van der Waals surface area contributed by atoms with Gasteiger partial charge < -0.3 is 15.2 Å². The molecule has 0 saturated carbocycles. The zero-order valence-corrected chi connectivity index (χ0v) is 13.0. The van der Waals surface area contributed by atoms with Gasteiger partial charge in [-0.05, 0) is 47.6 Å². The number of nitrogens with zero attached hydrogens (tertiary/aromatic N) is 1. The number of likely N-dealkylation sites (N-methyl/N-ethyl adjacent to an activating group) is 1. The minimum atomic E-state index is -0.729. The van der Waals surface area contributed by atoms with E-state index in [4.69, 9.17) is 15.2 Å². The average molecular weight is 286 g/mol. The average Bonchev–Trinajstić information content (AvgIpc) is 2.68. The fourth-order valence-electron chi connectivity index (χ4n) is 2.45. The number of ether oxygens (including phenoxy) is 2. The summed E-state index contributed by atoms with van der Waals surface area (Å²) in [5.74, 6) is -0.687. The molecule has 20 heavy (non-hydrogen) atoms. The molecule has 1 rings (SSSR count). The molecule has 1 saturated heterocycles. The number of nitrogens with two attached hydrogens (primary N) is 1. The summed E-state index contributed by atoms with van der Waals surface area (Å²) in [5.41, 5.74) is 5.41. The fraction of sp³-hybridized carbons (Fsp3) is 0.857. The molecule has 6 heteroatoms. The summed E-state index contributed by atoms with van der Waals surface area (Å²) in [7, 11) is 1.80. The van der Waals surface area contributed by atoms with Gasteiger partial charge in [-0.3, -0.25) is 14.5 Å². The molecule has 0 aliphatic carbocycles. The molecule has 0 radical (unpaired) electrons. The third-order valence-electron chi connectivity index (χ3n) is 3.40. The van der Waals surface area contributed by atoms with Gasteiger partial charge in [0.2, 0.25) is 0 Å². The van der Waals surface area contributed by atoms with Crippen LogP contribution in [0.3, 0.4) is 0 Å². The normalized spacial score (nSPS) is 25.3. The van der Waals surface area contributed by atoms with Gasteiger partial charge in [-0.2, -0.15) is 0 Å². The van der Waals surface area contributed by atoms with Crippen LogP contribution in [-0.4, -0.2) is 54.2 Å². The monoisotopic (exact) mass is 286 g/mol. The molecule has 2 N–H and O–H groups in total. The van der Waals surface area contributed by atoms with E-state index < -0.39 is 17.6 Å². The van der Waals surface area contributed by atoms with E-state index in [-0.39, 0.29) is 18.1 Å². The predicted octanol–water partition coefficient (Wildman–Crippen LogP) is 0.681. The minimum Gasteiger partial charge on any atom is -0.465 e.